The summed E-state index contributed by atoms with van der Waals surface area (Å²) in [6.45, 7) is 9.86. The topological polar surface area (TPSA) is 107 Å². The molecular weight excluding hydrogens is 376 g/mol. The van der Waals surface area contributed by atoms with Crippen molar-refractivity contribution < 1.29 is 0 Å². The second-order valence-corrected chi connectivity index (χ2v) is 8.21. The van der Waals surface area contributed by atoms with Crippen LogP contribution in [0, 0.1) is 13.8 Å². The highest BCUT2D eigenvalue weighted by Gasteiger charge is 2.19. The molecule has 0 atom stereocenters. The number of fused-ring (bicyclic) bond motifs is 1. The van der Waals surface area contributed by atoms with Crippen molar-refractivity contribution in [1.29, 1.82) is 0 Å². The molecule has 0 saturated carbocycles. The highest BCUT2D eigenvalue weighted by molar-refractivity contribution is 5.88. The Hall–Kier alpha value is -2.74. The van der Waals surface area contributed by atoms with Gasteiger partial charge in [-0.1, -0.05) is 19.4 Å². The van der Waals surface area contributed by atoms with Crippen LogP contribution < -0.4 is 16.4 Å². The average Bonchev–Trinajstić information content (AvgIpc) is 3.05. The molecule has 8 heteroatoms. The van der Waals surface area contributed by atoms with Crippen molar-refractivity contribution in [2.45, 2.75) is 58.9 Å². The van der Waals surface area contributed by atoms with Crippen LogP contribution in [0.2, 0.25) is 0 Å². The molecule has 4 N–H and O–H groups in total. The first kappa shape index (κ1) is 20.5. The highest BCUT2D eigenvalue weighted by atomic mass is 15.3. The third-order valence-electron chi connectivity index (χ3n) is 5.91. The van der Waals surface area contributed by atoms with Crippen LogP contribution in [-0.4, -0.2) is 44.4 Å². The van der Waals surface area contributed by atoms with Crippen LogP contribution in [-0.2, 0) is 6.54 Å². The quantitative estimate of drug-likeness (QED) is 0.516. The van der Waals surface area contributed by atoms with Gasteiger partial charge >= 0.3 is 0 Å². The molecule has 0 aromatic carbocycles. The molecule has 1 aliphatic heterocycles. The molecule has 3 aromatic rings. The van der Waals surface area contributed by atoms with Gasteiger partial charge in [0.25, 0.3) is 0 Å². The number of nitrogens with two attached hydrogens (primary N) is 1. The molecule has 8 nitrogen and oxygen atoms in total. The van der Waals surface area contributed by atoms with E-state index in [4.69, 9.17) is 15.8 Å². The van der Waals surface area contributed by atoms with E-state index in [1.807, 2.05) is 17.8 Å². The Bertz CT molecular complexity index is 1020. The number of piperidine rings is 1. The molecule has 0 amide bonds. The Morgan fingerprint density at radius 2 is 2.03 bits per heavy atom. The molecule has 0 radical (unpaired) electrons. The van der Waals surface area contributed by atoms with Gasteiger partial charge < -0.3 is 16.4 Å². The van der Waals surface area contributed by atoms with Gasteiger partial charge in [-0.15, -0.1) is 0 Å². The standard InChI is InChI=1S/C22H32N8/c1-4-5-8-25-21-20-19(27-22(23)28-21)15(3)29-30(20)13-18-14(2)11-17(12-26-18)16-6-9-24-10-7-16/h11-12,16,24H,4-10,13H2,1-3H3,(H3,23,25,27,28). The molecular formula is C22H32N8. The molecule has 1 aliphatic rings. The lowest BCUT2D eigenvalue weighted by Gasteiger charge is -2.23. The number of aromatic nitrogens is 5. The van der Waals surface area contributed by atoms with E-state index in [2.05, 4.69) is 40.5 Å². The highest BCUT2D eigenvalue weighted by Crippen LogP contribution is 2.28. The van der Waals surface area contributed by atoms with Gasteiger partial charge in [-0.25, -0.2) is 4.98 Å². The van der Waals surface area contributed by atoms with E-state index in [0.29, 0.717) is 12.5 Å². The number of rotatable bonds is 7. The molecule has 0 bridgehead atoms. The van der Waals surface area contributed by atoms with Crippen LogP contribution in [0.25, 0.3) is 11.0 Å². The Kier molecular flexibility index (Phi) is 6.13. The fraction of sp³-hybridized carbons (Fsp3) is 0.545. The number of nitrogens with one attached hydrogen (secondary N) is 2. The van der Waals surface area contributed by atoms with E-state index in [9.17, 15) is 0 Å². The molecule has 1 fully saturated rings. The molecule has 3 aromatic heterocycles. The van der Waals surface area contributed by atoms with Crippen LogP contribution in [0.1, 0.15) is 61.0 Å². The monoisotopic (exact) mass is 408 g/mol. The third kappa shape index (κ3) is 4.23. The van der Waals surface area contributed by atoms with Crippen LogP contribution in [0.3, 0.4) is 0 Å². The maximum absolute atomic E-state index is 5.96. The van der Waals surface area contributed by atoms with Gasteiger partial charge in [0.15, 0.2) is 5.82 Å². The number of nitrogen functional groups attached to an aromatic ring is 1. The van der Waals surface area contributed by atoms with Crippen molar-refractivity contribution in [3.05, 3.63) is 34.8 Å². The number of unbranched alkanes of at least 4 members (excludes halogenated alkanes) is 1. The van der Waals surface area contributed by atoms with Gasteiger partial charge in [-0.2, -0.15) is 10.1 Å². The number of pyridine rings is 1. The minimum Gasteiger partial charge on any atom is -0.368 e. The Labute approximate surface area is 177 Å². The minimum atomic E-state index is 0.268. The van der Waals surface area contributed by atoms with Crippen molar-refractivity contribution in [3.63, 3.8) is 0 Å². The first-order chi connectivity index (χ1) is 14.6. The zero-order valence-corrected chi connectivity index (χ0v) is 18.2. The fourth-order valence-corrected chi connectivity index (χ4v) is 4.18. The largest absolute Gasteiger partial charge is 0.368 e. The number of hydrogen-bond donors (Lipinski definition) is 3. The van der Waals surface area contributed by atoms with Crippen molar-refractivity contribution in [2.24, 2.45) is 0 Å². The first-order valence-corrected chi connectivity index (χ1v) is 11.0. The zero-order chi connectivity index (χ0) is 21.1. The summed E-state index contributed by atoms with van der Waals surface area (Å²) in [6.07, 6.45) is 6.58. The summed E-state index contributed by atoms with van der Waals surface area (Å²) in [5.74, 6) is 1.62. The smallest absolute Gasteiger partial charge is 0.222 e. The summed E-state index contributed by atoms with van der Waals surface area (Å²) < 4.78 is 1.96. The summed E-state index contributed by atoms with van der Waals surface area (Å²) in [5.41, 5.74) is 12.1. The summed E-state index contributed by atoms with van der Waals surface area (Å²) in [7, 11) is 0. The van der Waals surface area contributed by atoms with E-state index >= 15 is 0 Å². The number of nitrogens with zero attached hydrogens (tertiary/aromatic N) is 5. The van der Waals surface area contributed by atoms with Crippen molar-refractivity contribution in [3.8, 4) is 0 Å². The minimum absolute atomic E-state index is 0.268. The Morgan fingerprint density at radius 1 is 1.23 bits per heavy atom. The van der Waals surface area contributed by atoms with Crippen LogP contribution >= 0.6 is 0 Å². The van der Waals surface area contributed by atoms with E-state index in [0.717, 1.165) is 60.7 Å². The van der Waals surface area contributed by atoms with Crippen molar-refractivity contribution in [1.82, 2.24) is 30.0 Å². The van der Waals surface area contributed by atoms with E-state index in [-0.39, 0.29) is 5.95 Å². The lowest BCUT2D eigenvalue weighted by atomic mass is 9.90. The lowest BCUT2D eigenvalue weighted by molar-refractivity contribution is 0.459. The summed E-state index contributed by atoms with van der Waals surface area (Å²) in [5, 5.41) is 11.6. The van der Waals surface area contributed by atoms with Crippen LogP contribution in [0.4, 0.5) is 11.8 Å². The number of anilines is 2. The molecule has 4 heterocycles. The summed E-state index contributed by atoms with van der Waals surface area (Å²) in [6, 6.07) is 2.30. The SMILES string of the molecule is CCCCNc1nc(N)nc2c(C)nn(Cc3ncc(C4CCNCC4)cc3C)c12. The second-order valence-electron chi connectivity index (χ2n) is 8.21. The van der Waals surface area contributed by atoms with Gasteiger partial charge in [0.1, 0.15) is 11.0 Å². The second kappa shape index (κ2) is 8.95. The predicted molar refractivity (Wildman–Crippen MR) is 121 cm³/mol. The predicted octanol–water partition coefficient (Wildman–Crippen LogP) is 3.15. The molecule has 160 valence electrons. The summed E-state index contributed by atoms with van der Waals surface area (Å²) in [4.78, 5) is 13.7. The van der Waals surface area contributed by atoms with Gasteiger partial charge in [0, 0.05) is 12.7 Å². The number of hydrogen-bond acceptors (Lipinski definition) is 7. The summed E-state index contributed by atoms with van der Waals surface area (Å²) >= 11 is 0. The van der Waals surface area contributed by atoms with Crippen LogP contribution in [0.15, 0.2) is 12.3 Å². The normalized spacial score (nSPS) is 15.0. The van der Waals surface area contributed by atoms with Crippen molar-refractivity contribution in [2.75, 3.05) is 30.7 Å². The van der Waals surface area contributed by atoms with E-state index < -0.39 is 0 Å². The maximum atomic E-state index is 5.96. The molecule has 0 aliphatic carbocycles. The maximum Gasteiger partial charge on any atom is 0.222 e. The Morgan fingerprint density at radius 3 is 2.77 bits per heavy atom. The molecule has 4 rings (SSSR count). The zero-order valence-electron chi connectivity index (χ0n) is 18.2. The van der Waals surface area contributed by atoms with E-state index in [1.54, 1.807) is 0 Å². The van der Waals surface area contributed by atoms with Crippen molar-refractivity contribution >= 4 is 22.8 Å². The van der Waals surface area contributed by atoms with Gasteiger partial charge in [-0.05, 0) is 63.2 Å². The van der Waals surface area contributed by atoms with Gasteiger partial charge in [-0.3, -0.25) is 9.67 Å². The van der Waals surface area contributed by atoms with Gasteiger partial charge in [0.05, 0.1) is 17.9 Å². The molecule has 0 spiro atoms. The third-order valence-corrected chi connectivity index (χ3v) is 5.91. The fourth-order valence-electron chi connectivity index (χ4n) is 4.18. The van der Waals surface area contributed by atoms with Gasteiger partial charge in [0.2, 0.25) is 5.95 Å². The number of aryl methyl sites for hydroxylation is 2. The molecule has 1 saturated heterocycles. The average molecular weight is 409 g/mol. The van der Waals surface area contributed by atoms with E-state index in [1.165, 1.54) is 24.0 Å². The molecule has 0 unspecified atom stereocenters. The first-order valence-electron chi connectivity index (χ1n) is 11.0. The lowest BCUT2D eigenvalue weighted by Crippen LogP contribution is -2.26. The van der Waals surface area contributed by atoms with Crippen LogP contribution in [0.5, 0.6) is 0 Å². The Balaban J connectivity index is 1.64. The molecule has 30 heavy (non-hydrogen) atoms.